The van der Waals surface area contributed by atoms with Gasteiger partial charge in [-0.25, -0.2) is 4.79 Å². The van der Waals surface area contributed by atoms with Crippen LogP contribution in [0.25, 0.3) is 0 Å². The molecule has 2 N–H and O–H groups in total. The van der Waals surface area contributed by atoms with Crippen molar-refractivity contribution in [1.29, 1.82) is 0 Å². The fourth-order valence-corrected chi connectivity index (χ4v) is 6.52. The number of ketones is 1. The zero-order valence-electron chi connectivity index (χ0n) is 34.7. The van der Waals surface area contributed by atoms with E-state index in [4.69, 9.17) is 28.4 Å². The van der Waals surface area contributed by atoms with Crippen LogP contribution < -0.4 is 10.1 Å². The minimum absolute atomic E-state index is 0.00862. The number of carbonyl (C=O) groups is 3. The fraction of sp³-hybridized carbons (Fsp3) is 0.705. The van der Waals surface area contributed by atoms with Crippen molar-refractivity contribution in [3.05, 3.63) is 42.0 Å². The quantitative estimate of drug-likeness (QED) is 0.0394. The number of allylic oxidation sites excluding steroid dienone is 1. The zero-order chi connectivity index (χ0) is 40.6. The van der Waals surface area contributed by atoms with Crippen molar-refractivity contribution < 1.29 is 47.9 Å². The van der Waals surface area contributed by atoms with Crippen LogP contribution in [0.2, 0.25) is 0 Å². The van der Waals surface area contributed by atoms with Crippen LogP contribution in [0.5, 0.6) is 5.75 Å². The second-order valence-electron chi connectivity index (χ2n) is 15.3. The number of ether oxygens (including phenoxy) is 6. The second kappa shape index (κ2) is 25.8. The summed E-state index contributed by atoms with van der Waals surface area (Å²) >= 11 is 0. The van der Waals surface area contributed by atoms with Gasteiger partial charge in [0.2, 0.25) is 5.91 Å². The van der Waals surface area contributed by atoms with Crippen LogP contribution in [-0.4, -0.2) is 93.1 Å². The first-order chi connectivity index (χ1) is 26.3. The minimum Gasteiger partial charge on any atom is -0.481 e. The summed E-state index contributed by atoms with van der Waals surface area (Å²) in [5.41, 5.74) is -2.44. The number of aliphatic hydroxyl groups is 1. The summed E-state index contributed by atoms with van der Waals surface area (Å²) in [6.07, 6.45) is 15.6. The van der Waals surface area contributed by atoms with Crippen LogP contribution >= 0.6 is 0 Å². The molecule has 310 valence electrons. The third-order valence-electron chi connectivity index (χ3n) is 9.56. The van der Waals surface area contributed by atoms with Gasteiger partial charge in [0, 0.05) is 40.1 Å². The van der Waals surface area contributed by atoms with Gasteiger partial charge in [-0.3, -0.25) is 9.59 Å². The Morgan fingerprint density at radius 3 is 2.16 bits per heavy atom. The molecule has 1 amide bonds. The first-order valence-corrected chi connectivity index (χ1v) is 20.2. The summed E-state index contributed by atoms with van der Waals surface area (Å²) in [6, 6.07) is 6.16. The Kier molecular flexibility index (Phi) is 22.5. The predicted octanol–water partition coefficient (Wildman–Crippen LogP) is 7.06. The highest BCUT2D eigenvalue weighted by Gasteiger charge is 2.49. The summed E-state index contributed by atoms with van der Waals surface area (Å²) in [6.45, 7) is 10.3. The van der Waals surface area contributed by atoms with E-state index in [-0.39, 0.29) is 38.4 Å². The maximum absolute atomic E-state index is 14.2. The number of rotatable bonds is 28. The Morgan fingerprint density at radius 2 is 1.58 bits per heavy atom. The number of unbranched alkanes of at least 4 members (excludes halogenated alkanes) is 8. The SMILES string of the molecule is CC#CCOc1ccc(C[C@H](NC(=O)[C@@H](/C=C/CCCCCCC2(CCCCCCC)OCCO2)[C@@](O)(CCOC)C(=O)OC(C)(C)C)C(=O)COC)cc1. The molecule has 2 rings (SSSR count). The smallest absolute Gasteiger partial charge is 0.339 e. The predicted molar refractivity (Wildman–Crippen MR) is 214 cm³/mol. The van der Waals surface area contributed by atoms with Gasteiger partial charge in [0.05, 0.1) is 25.2 Å². The molecule has 0 unspecified atom stereocenters. The van der Waals surface area contributed by atoms with Gasteiger partial charge in [-0.1, -0.05) is 75.7 Å². The van der Waals surface area contributed by atoms with Gasteiger partial charge < -0.3 is 38.8 Å². The van der Waals surface area contributed by atoms with Gasteiger partial charge in [-0.2, -0.15) is 0 Å². The number of amides is 1. The molecule has 1 aromatic rings. The molecule has 1 heterocycles. The maximum atomic E-state index is 14.2. The van der Waals surface area contributed by atoms with Gasteiger partial charge in [-0.05, 0) is 77.5 Å². The average Bonchev–Trinajstić information content (AvgIpc) is 3.61. The molecule has 55 heavy (non-hydrogen) atoms. The topological polar surface area (TPSA) is 139 Å². The summed E-state index contributed by atoms with van der Waals surface area (Å²) in [5, 5.41) is 14.9. The highest BCUT2D eigenvalue weighted by atomic mass is 16.7. The van der Waals surface area contributed by atoms with Crippen LogP contribution in [-0.2, 0) is 44.5 Å². The van der Waals surface area contributed by atoms with Crippen LogP contribution in [0.1, 0.15) is 124 Å². The Hall–Kier alpha value is -3.27. The standard InChI is InChI=1S/C44H69NO10/c1-8-10-12-16-19-26-43(53-31-32-54-43)27-20-17-14-13-15-18-21-37(44(49,28-30-50-6)41(48)55-42(3,4)5)40(47)45-38(39(46)34-51-7)33-35-22-24-36(25-23-35)52-29-11-9-2/h18,21-25,37-38,49H,8,10,12-17,19-20,26-34H2,1-7H3,(H,45,47)/b21-18+/t37-,38+,44+/m1/s1. The number of carbonyl (C=O) groups excluding carboxylic acids is 3. The van der Waals surface area contributed by atoms with E-state index < -0.39 is 40.8 Å². The molecule has 0 bridgehead atoms. The minimum atomic E-state index is -2.27. The van der Waals surface area contributed by atoms with Gasteiger partial charge in [0.15, 0.2) is 17.2 Å². The Labute approximate surface area is 330 Å². The van der Waals surface area contributed by atoms with E-state index in [9.17, 15) is 19.5 Å². The first kappa shape index (κ1) is 47.9. The molecule has 0 radical (unpaired) electrons. The van der Waals surface area contributed by atoms with Crippen molar-refractivity contribution in [2.75, 3.05) is 47.3 Å². The van der Waals surface area contributed by atoms with E-state index in [1.54, 1.807) is 45.9 Å². The van der Waals surface area contributed by atoms with Crippen molar-refractivity contribution in [3.63, 3.8) is 0 Å². The number of nitrogens with one attached hydrogen (secondary N) is 1. The largest absolute Gasteiger partial charge is 0.481 e. The third-order valence-corrected chi connectivity index (χ3v) is 9.56. The fourth-order valence-electron chi connectivity index (χ4n) is 6.52. The van der Waals surface area contributed by atoms with Crippen LogP contribution in [0, 0.1) is 17.8 Å². The molecule has 0 aliphatic carbocycles. The van der Waals surface area contributed by atoms with Crippen LogP contribution in [0.4, 0.5) is 0 Å². The van der Waals surface area contributed by atoms with E-state index in [1.165, 1.54) is 39.9 Å². The molecule has 1 aliphatic heterocycles. The monoisotopic (exact) mass is 771 g/mol. The highest BCUT2D eigenvalue weighted by Crippen LogP contribution is 2.32. The number of benzene rings is 1. The molecule has 1 aromatic carbocycles. The molecule has 1 aliphatic rings. The van der Waals surface area contributed by atoms with E-state index in [0.29, 0.717) is 25.4 Å². The van der Waals surface area contributed by atoms with Crippen LogP contribution in [0.3, 0.4) is 0 Å². The lowest BCUT2D eigenvalue weighted by molar-refractivity contribution is -0.185. The Balaban J connectivity index is 2.19. The number of methoxy groups -OCH3 is 2. The number of hydrogen-bond donors (Lipinski definition) is 2. The van der Waals surface area contributed by atoms with E-state index in [2.05, 4.69) is 24.1 Å². The van der Waals surface area contributed by atoms with Crippen molar-refractivity contribution in [1.82, 2.24) is 5.32 Å². The summed E-state index contributed by atoms with van der Waals surface area (Å²) in [5.74, 6) is 2.43. The average molecular weight is 772 g/mol. The molecule has 1 saturated heterocycles. The highest BCUT2D eigenvalue weighted by molar-refractivity contribution is 5.95. The molecular formula is C44H69NO10. The normalized spacial score (nSPS) is 16.1. The molecule has 0 aromatic heterocycles. The molecule has 0 spiro atoms. The van der Waals surface area contributed by atoms with Gasteiger partial charge in [0.1, 0.15) is 24.6 Å². The molecule has 1 fully saturated rings. The molecule has 11 heteroatoms. The molecule has 0 saturated carbocycles. The Morgan fingerprint density at radius 1 is 0.945 bits per heavy atom. The van der Waals surface area contributed by atoms with E-state index >= 15 is 0 Å². The summed E-state index contributed by atoms with van der Waals surface area (Å²) in [4.78, 5) is 41.1. The van der Waals surface area contributed by atoms with Gasteiger partial charge in [-0.15, -0.1) is 5.92 Å². The third kappa shape index (κ3) is 18.0. The summed E-state index contributed by atoms with van der Waals surface area (Å²) < 4.78 is 33.8. The Bertz CT molecular complexity index is 1350. The molecule has 11 nitrogen and oxygen atoms in total. The van der Waals surface area contributed by atoms with Crippen molar-refractivity contribution in [2.45, 2.75) is 148 Å². The number of hydrogen-bond acceptors (Lipinski definition) is 10. The maximum Gasteiger partial charge on any atom is 0.339 e. The number of Topliss-reactive ketones (excluding diaryl/α,β-unsaturated/α-hetero) is 1. The van der Waals surface area contributed by atoms with Crippen molar-refractivity contribution in [3.8, 4) is 17.6 Å². The van der Waals surface area contributed by atoms with E-state index in [1.807, 2.05) is 18.2 Å². The lowest BCUT2D eigenvalue weighted by Gasteiger charge is -2.35. The second-order valence-corrected chi connectivity index (χ2v) is 15.3. The van der Waals surface area contributed by atoms with Crippen LogP contribution in [0.15, 0.2) is 36.4 Å². The van der Waals surface area contributed by atoms with Gasteiger partial charge in [0.25, 0.3) is 0 Å². The first-order valence-electron chi connectivity index (χ1n) is 20.2. The zero-order valence-corrected chi connectivity index (χ0v) is 34.7. The van der Waals surface area contributed by atoms with E-state index in [0.717, 1.165) is 50.5 Å². The number of esters is 1. The summed E-state index contributed by atoms with van der Waals surface area (Å²) in [7, 11) is 2.86. The van der Waals surface area contributed by atoms with Gasteiger partial charge >= 0.3 is 5.97 Å². The lowest BCUT2D eigenvalue weighted by Crippen LogP contribution is -2.56. The lowest BCUT2D eigenvalue weighted by atomic mass is 9.82. The molecular weight excluding hydrogens is 702 g/mol. The van der Waals surface area contributed by atoms with Crippen molar-refractivity contribution in [2.24, 2.45) is 5.92 Å². The molecule has 3 atom stereocenters. The van der Waals surface area contributed by atoms with Crippen molar-refractivity contribution >= 4 is 17.7 Å².